The molecule has 6 heteroatoms. The molecule has 20 heavy (non-hydrogen) atoms. The van der Waals surface area contributed by atoms with E-state index < -0.39 is 5.60 Å². The zero-order chi connectivity index (χ0) is 15.2. The Labute approximate surface area is 133 Å². The van der Waals surface area contributed by atoms with E-state index in [0.29, 0.717) is 11.6 Å². The van der Waals surface area contributed by atoms with Crippen LogP contribution in [0.3, 0.4) is 0 Å². The molecule has 1 aromatic rings. The van der Waals surface area contributed by atoms with Gasteiger partial charge < -0.3 is 15.4 Å². The fraction of sp³-hybridized carbons (Fsp3) is 0.500. The van der Waals surface area contributed by atoms with Crippen molar-refractivity contribution in [3.8, 4) is 0 Å². The van der Waals surface area contributed by atoms with E-state index in [4.69, 9.17) is 16.3 Å². The quantitative estimate of drug-likeness (QED) is 0.761. The summed E-state index contributed by atoms with van der Waals surface area (Å²) in [6.07, 6.45) is 0.402. The van der Waals surface area contributed by atoms with Gasteiger partial charge in [0.15, 0.2) is 0 Å². The number of hydrogen-bond acceptors (Lipinski definition) is 3. The van der Waals surface area contributed by atoms with Crippen molar-refractivity contribution in [2.24, 2.45) is 0 Å². The van der Waals surface area contributed by atoms with Gasteiger partial charge in [0.25, 0.3) is 0 Å². The topological polar surface area (TPSA) is 50.4 Å². The lowest BCUT2D eigenvalue weighted by atomic mass is 10.2. The third-order valence-corrected chi connectivity index (χ3v) is 3.69. The molecule has 0 aliphatic heterocycles. The van der Waals surface area contributed by atoms with Gasteiger partial charge in [-0.2, -0.15) is 0 Å². The van der Waals surface area contributed by atoms with Crippen LogP contribution >= 0.6 is 27.5 Å². The van der Waals surface area contributed by atoms with Gasteiger partial charge in [-0.05, 0) is 55.3 Å². The molecule has 0 aliphatic carbocycles. The first-order valence-corrected chi connectivity index (χ1v) is 7.61. The van der Waals surface area contributed by atoms with Crippen LogP contribution in [0, 0.1) is 0 Å². The third-order valence-electron chi connectivity index (χ3n) is 2.29. The molecular weight excluding hydrogens is 344 g/mol. The molecule has 0 atom stereocenters. The fourth-order valence-electron chi connectivity index (χ4n) is 1.46. The molecule has 1 rings (SSSR count). The molecule has 0 unspecified atom stereocenters. The van der Waals surface area contributed by atoms with Crippen LogP contribution in [0.5, 0.6) is 0 Å². The molecule has 0 bridgehead atoms. The number of carbonyl (C=O) groups excluding carboxylic acids is 1. The lowest BCUT2D eigenvalue weighted by Gasteiger charge is -2.19. The molecule has 0 aromatic heterocycles. The van der Waals surface area contributed by atoms with Gasteiger partial charge in [0.2, 0.25) is 0 Å². The highest BCUT2D eigenvalue weighted by molar-refractivity contribution is 9.10. The summed E-state index contributed by atoms with van der Waals surface area (Å²) in [5, 5.41) is 6.63. The molecule has 112 valence electrons. The second-order valence-electron chi connectivity index (χ2n) is 5.31. The van der Waals surface area contributed by atoms with E-state index >= 15 is 0 Å². The summed E-state index contributed by atoms with van der Waals surface area (Å²) < 4.78 is 5.99. The Bertz CT molecular complexity index is 461. The first-order chi connectivity index (χ1) is 9.29. The smallest absolute Gasteiger partial charge is 0.407 e. The van der Waals surface area contributed by atoms with E-state index in [9.17, 15) is 4.79 Å². The molecule has 0 saturated carbocycles. The minimum Gasteiger partial charge on any atom is -0.444 e. The predicted octanol–water partition coefficient (Wildman–Crippen LogP) is 4.43. The maximum atomic E-state index is 11.4. The van der Waals surface area contributed by atoms with Crippen molar-refractivity contribution in [2.45, 2.75) is 32.8 Å². The summed E-state index contributed by atoms with van der Waals surface area (Å²) in [6, 6.07) is 5.65. The van der Waals surface area contributed by atoms with Crippen molar-refractivity contribution in [2.75, 3.05) is 18.4 Å². The Morgan fingerprint density at radius 1 is 1.35 bits per heavy atom. The van der Waals surface area contributed by atoms with Crippen molar-refractivity contribution in [1.29, 1.82) is 0 Å². The highest BCUT2D eigenvalue weighted by atomic mass is 79.9. The number of benzene rings is 1. The fourth-order valence-corrected chi connectivity index (χ4v) is 2.04. The van der Waals surface area contributed by atoms with Gasteiger partial charge in [0.1, 0.15) is 5.60 Å². The van der Waals surface area contributed by atoms with Gasteiger partial charge in [-0.1, -0.05) is 17.7 Å². The molecule has 1 amide bonds. The summed E-state index contributed by atoms with van der Waals surface area (Å²) in [4.78, 5) is 11.4. The number of rotatable bonds is 5. The van der Waals surface area contributed by atoms with Gasteiger partial charge in [-0.3, -0.25) is 0 Å². The average molecular weight is 364 g/mol. The number of hydrogen-bond donors (Lipinski definition) is 2. The van der Waals surface area contributed by atoms with Crippen LogP contribution < -0.4 is 10.6 Å². The SMILES string of the molecule is CC(C)(C)OC(=O)NCCCNc1cccc(Cl)c1Br. The first-order valence-electron chi connectivity index (χ1n) is 6.44. The minimum absolute atomic E-state index is 0.388. The lowest BCUT2D eigenvalue weighted by Crippen LogP contribution is -2.33. The Hall–Kier alpha value is -0.940. The number of anilines is 1. The van der Waals surface area contributed by atoms with Gasteiger partial charge in [0, 0.05) is 18.8 Å². The molecule has 0 radical (unpaired) electrons. The van der Waals surface area contributed by atoms with Crippen LogP contribution in [0.4, 0.5) is 10.5 Å². The van der Waals surface area contributed by atoms with Crippen LogP contribution in [-0.2, 0) is 4.74 Å². The van der Waals surface area contributed by atoms with Crippen molar-refractivity contribution in [3.63, 3.8) is 0 Å². The van der Waals surface area contributed by atoms with Gasteiger partial charge in [0.05, 0.1) is 9.50 Å². The molecule has 0 aliphatic rings. The molecule has 0 heterocycles. The van der Waals surface area contributed by atoms with E-state index in [1.54, 1.807) is 0 Å². The summed E-state index contributed by atoms with van der Waals surface area (Å²) in [6.45, 7) is 6.80. The summed E-state index contributed by atoms with van der Waals surface area (Å²) >= 11 is 9.42. The van der Waals surface area contributed by atoms with E-state index in [1.807, 2.05) is 39.0 Å². The minimum atomic E-state index is -0.464. The van der Waals surface area contributed by atoms with Crippen LogP contribution in [-0.4, -0.2) is 24.8 Å². The highest BCUT2D eigenvalue weighted by Gasteiger charge is 2.15. The van der Waals surface area contributed by atoms with Crippen LogP contribution in [0.1, 0.15) is 27.2 Å². The summed E-state index contributed by atoms with van der Waals surface area (Å²) in [5.41, 5.74) is 0.475. The standard InChI is InChI=1S/C14H20BrClN2O2/c1-14(2,3)20-13(19)18-9-5-8-17-11-7-4-6-10(16)12(11)15/h4,6-7,17H,5,8-9H2,1-3H3,(H,18,19). The zero-order valence-electron chi connectivity index (χ0n) is 11.9. The normalized spacial score (nSPS) is 11.1. The number of carbonyl (C=O) groups is 1. The van der Waals surface area contributed by atoms with Crippen molar-refractivity contribution in [3.05, 3.63) is 27.7 Å². The van der Waals surface area contributed by atoms with Crippen LogP contribution in [0.25, 0.3) is 0 Å². The molecule has 1 aromatic carbocycles. The zero-order valence-corrected chi connectivity index (χ0v) is 14.3. The average Bonchev–Trinajstić information content (AvgIpc) is 2.31. The second kappa shape index (κ2) is 7.74. The molecule has 4 nitrogen and oxygen atoms in total. The Balaban J connectivity index is 2.23. The van der Waals surface area contributed by atoms with Crippen molar-refractivity contribution < 1.29 is 9.53 Å². The number of amides is 1. The Morgan fingerprint density at radius 2 is 2.05 bits per heavy atom. The summed E-state index contributed by atoms with van der Waals surface area (Å²) in [5.74, 6) is 0. The van der Waals surface area contributed by atoms with Crippen molar-refractivity contribution >= 4 is 39.3 Å². The van der Waals surface area contributed by atoms with E-state index in [2.05, 4.69) is 26.6 Å². The second-order valence-corrected chi connectivity index (χ2v) is 6.51. The Morgan fingerprint density at radius 3 is 2.70 bits per heavy atom. The molecule has 0 fully saturated rings. The van der Waals surface area contributed by atoms with Gasteiger partial charge in [-0.25, -0.2) is 4.79 Å². The first kappa shape index (κ1) is 17.1. The van der Waals surface area contributed by atoms with Crippen LogP contribution in [0.2, 0.25) is 5.02 Å². The maximum absolute atomic E-state index is 11.4. The van der Waals surface area contributed by atoms with Gasteiger partial charge in [-0.15, -0.1) is 0 Å². The van der Waals surface area contributed by atoms with Gasteiger partial charge >= 0.3 is 6.09 Å². The number of alkyl carbamates (subject to hydrolysis) is 1. The van der Waals surface area contributed by atoms with E-state index in [0.717, 1.165) is 23.1 Å². The highest BCUT2D eigenvalue weighted by Crippen LogP contribution is 2.29. The van der Waals surface area contributed by atoms with E-state index in [1.165, 1.54) is 0 Å². The monoisotopic (exact) mass is 362 g/mol. The third kappa shape index (κ3) is 6.48. The van der Waals surface area contributed by atoms with Crippen molar-refractivity contribution in [1.82, 2.24) is 5.32 Å². The summed E-state index contributed by atoms with van der Waals surface area (Å²) in [7, 11) is 0. The largest absolute Gasteiger partial charge is 0.444 e. The van der Waals surface area contributed by atoms with E-state index in [-0.39, 0.29) is 6.09 Å². The Kier molecular flexibility index (Phi) is 6.62. The predicted molar refractivity (Wildman–Crippen MR) is 86.5 cm³/mol. The molecular formula is C14H20BrClN2O2. The molecule has 2 N–H and O–H groups in total. The number of nitrogens with one attached hydrogen (secondary N) is 2. The molecule has 0 saturated heterocycles. The number of ether oxygens (including phenoxy) is 1. The van der Waals surface area contributed by atoms with Crippen LogP contribution in [0.15, 0.2) is 22.7 Å². The number of halogens is 2. The molecule has 0 spiro atoms. The lowest BCUT2D eigenvalue weighted by molar-refractivity contribution is 0.0528. The maximum Gasteiger partial charge on any atom is 0.407 e.